The maximum absolute atomic E-state index is 4.24. The molecule has 19 heavy (non-hydrogen) atoms. The minimum Gasteiger partial charge on any atom is -0.356 e. The Kier molecular flexibility index (Phi) is 10.6. The van der Waals surface area contributed by atoms with Gasteiger partial charge in [0.15, 0.2) is 5.96 Å². The maximum Gasteiger partial charge on any atom is 0.191 e. The van der Waals surface area contributed by atoms with E-state index in [9.17, 15) is 0 Å². The summed E-state index contributed by atoms with van der Waals surface area (Å²) in [5.41, 5.74) is 0. The highest BCUT2D eigenvalue weighted by Crippen LogP contribution is 2.04. The molecule has 0 rings (SSSR count). The Morgan fingerprint density at radius 1 is 1.05 bits per heavy atom. The molecule has 4 heteroatoms. The number of unbranched alkanes of at least 4 members (excludes halogenated alkanes) is 1. The molecule has 0 amide bonds. The van der Waals surface area contributed by atoms with Crippen molar-refractivity contribution in [2.45, 2.75) is 53.0 Å². The number of nitrogens with one attached hydrogen (secondary N) is 2. The van der Waals surface area contributed by atoms with Crippen LogP contribution in [0.4, 0.5) is 0 Å². The summed E-state index contributed by atoms with van der Waals surface area (Å²) in [4.78, 5) is 6.56. The highest BCUT2D eigenvalue weighted by atomic mass is 15.2. The largest absolute Gasteiger partial charge is 0.356 e. The molecule has 2 N–H and O–H groups in total. The monoisotopic (exact) mass is 270 g/mol. The van der Waals surface area contributed by atoms with Gasteiger partial charge in [0.25, 0.3) is 0 Å². The number of hydrogen-bond acceptors (Lipinski definition) is 2. The number of nitrogens with zero attached hydrogens (tertiary/aromatic N) is 2. The zero-order valence-corrected chi connectivity index (χ0v) is 13.8. The zero-order chi connectivity index (χ0) is 14.7. The summed E-state index contributed by atoms with van der Waals surface area (Å²) in [5.74, 6) is 1.73. The SMILES string of the molecule is CN=C(NCCCCC(C)C)NCCN(C)C(C)C. The third kappa shape index (κ3) is 10.8. The smallest absolute Gasteiger partial charge is 0.191 e. The van der Waals surface area contributed by atoms with Crippen LogP contribution < -0.4 is 10.6 Å². The summed E-state index contributed by atoms with van der Waals surface area (Å²) in [5, 5.41) is 6.72. The molecular formula is C15H34N4. The fourth-order valence-electron chi connectivity index (χ4n) is 1.71. The van der Waals surface area contributed by atoms with E-state index in [0.717, 1.165) is 31.5 Å². The highest BCUT2D eigenvalue weighted by Gasteiger charge is 2.03. The van der Waals surface area contributed by atoms with Crippen molar-refractivity contribution in [2.75, 3.05) is 33.7 Å². The first-order valence-electron chi connectivity index (χ1n) is 7.62. The van der Waals surface area contributed by atoms with Gasteiger partial charge in [0.05, 0.1) is 0 Å². The van der Waals surface area contributed by atoms with Gasteiger partial charge in [-0.2, -0.15) is 0 Å². The van der Waals surface area contributed by atoms with E-state index in [4.69, 9.17) is 0 Å². The summed E-state index contributed by atoms with van der Waals surface area (Å²) in [6.07, 6.45) is 3.81. The molecule has 114 valence electrons. The van der Waals surface area contributed by atoms with E-state index in [1.165, 1.54) is 19.3 Å². The van der Waals surface area contributed by atoms with Crippen molar-refractivity contribution in [2.24, 2.45) is 10.9 Å². The number of guanidine groups is 1. The summed E-state index contributed by atoms with van der Waals surface area (Å²) in [6.45, 7) is 11.9. The van der Waals surface area contributed by atoms with Gasteiger partial charge < -0.3 is 15.5 Å². The van der Waals surface area contributed by atoms with E-state index in [2.05, 4.69) is 55.3 Å². The molecule has 0 aromatic rings. The van der Waals surface area contributed by atoms with Gasteiger partial charge in [0.2, 0.25) is 0 Å². The normalized spacial score (nSPS) is 12.6. The third-order valence-electron chi connectivity index (χ3n) is 3.36. The Morgan fingerprint density at radius 3 is 2.21 bits per heavy atom. The van der Waals surface area contributed by atoms with Crippen LogP contribution in [0.2, 0.25) is 0 Å². The molecule has 0 unspecified atom stereocenters. The lowest BCUT2D eigenvalue weighted by atomic mass is 10.1. The van der Waals surface area contributed by atoms with Crippen LogP contribution in [0.5, 0.6) is 0 Å². The first kappa shape index (κ1) is 18.2. The Labute approximate surface area is 120 Å². The lowest BCUT2D eigenvalue weighted by molar-refractivity contribution is 0.278. The maximum atomic E-state index is 4.24. The quantitative estimate of drug-likeness (QED) is 0.384. The minimum absolute atomic E-state index is 0.591. The first-order valence-corrected chi connectivity index (χ1v) is 7.62. The molecule has 0 heterocycles. The minimum atomic E-state index is 0.591. The molecule has 0 saturated heterocycles. The van der Waals surface area contributed by atoms with Gasteiger partial charge in [-0.3, -0.25) is 4.99 Å². The molecule has 0 aromatic carbocycles. The van der Waals surface area contributed by atoms with Crippen LogP contribution in [-0.4, -0.2) is 50.6 Å². The van der Waals surface area contributed by atoms with Gasteiger partial charge in [-0.15, -0.1) is 0 Å². The Hall–Kier alpha value is -0.770. The van der Waals surface area contributed by atoms with Crippen LogP contribution in [0.15, 0.2) is 4.99 Å². The first-order chi connectivity index (χ1) is 8.97. The number of hydrogen-bond donors (Lipinski definition) is 2. The average Bonchev–Trinajstić information content (AvgIpc) is 2.35. The second kappa shape index (κ2) is 11.1. The van der Waals surface area contributed by atoms with Gasteiger partial charge in [-0.25, -0.2) is 0 Å². The Balaban J connectivity index is 3.62. The van der Waals surface area contributed by atoms with Crippen molar-refractivity contribution in [3.05, 3.63) is 0 Å². The van der Waals surface area contributed by atoms with Gasteiger partial charge >= 0.3 is 0 Å². The van der Waals surface area contributed by atoms with Crippen molar-refractivity contribution in [1.82, 2.24) is 15.5 Å². The molecule has 0 bridgehead atoms. The molecule has 0 aliphatic rings. The fraction of sp³-hybridized carbons (Fsp3) is 0.933. The standard InChI is InChI=1S/C15H34N4/c1-13(2)9-7-8-10-17-15(16-5)18-11-12-19(6)14(3)4/h13-14H,7-12H2,1-6H3,(H2,16,17,18). The molecule has 0 atom stereocenters. The van der Waals surface area contributed by atoms with E-state index in [-0.39, 0.29) is 0 Å². The molecule has 0 radical (unpaired) electrons. The molecule has 0 aliphatic carbocycles. The Bertz CT molecular complexity index is 236. The molecule has 0 aliphatic heterocycles. The lowest BCUT2D eigenvalue weighted by Crippen LogP contribution is -2.42. The van der Waals surface area contributed by atoms with Crippen LogP contribution in [0.1, 0.15) is 47.0 Å². The molecule has 0 aromatic heterocycles. The van der Waals surface area contributed by atoms with E-state index < -0.39 is 0 Å². The van der Waals surface area contributed by atoms with Gasteiger partial charge in [0.1, 0.15) is 0 Å². The highest BCUT2D eigenvalue weighted by molar-refractivity contribution is 5.79. The van der Waals surface area contributed by atoms with E-state index in [1.807, 2.05) is 7.05 Å². The van der Waals surface area contributed by atoms with Crippen LogP contribution in [0.25, 0.3) is 0 Å². The summed E-state index contributed by atoms with van der Waals surface area (Å²) in [7, 11) is 3.98. The molecule has 0 fully saturated rings. The van der Waals surface area contributed by atoms with E-state index in [0.29, 0.717) is 6.04 Å². The van der Waals surface area contributed by atoms with E-state index >= 15 is 0 Å². The van der Waals surface area contributed by atoms with Crippen LogP contribution in [0, 0.1) is 5.92 Å². The summed E-state index contributed by atoms with van der Waals surface area (Å²) < 4.78 is 0. The second-order valence-electron chi connectivity index (χ2n) is 5.89. The van der Waals surface area contributed by atoms with Crippen LogP contribution >= 0.6 is 0 Å². The van der Waals surface area contributed by atoms with Gasteiger partial charge in [0, 0.05) is 32.7 Å². The van der Waals surface area contributed by atoms with Gasteiger partial charge in [-0.05, 0) is 33.2 Å². The van der Waals surface area contributed by atoms with Crippen molar-refractivity contribution >= 4 is 5.96 Å². The average molecular weight is 270 g/mol. The lowest BCUT2D eigenvalue weighted by Gasteiger charge is -2.21. The molecule has 4 nitrogen and oxygen atoms in total. The predicted molar refractivity (Wildman–Crippen MR) is 85.8 cm³/mol. The summed E-state index contributed by atoms with van der Waals surface area (Å²) >= 11 is 0. The zero-order valence-electron chi connectivity index (χ0n) is 13.8. The number of aliphatic imine (C=N–C) groups is 1. The van der Waals surface area contributed by atoms with Crippen molar-refractivity contribution in [3.63, 3.8) is 0 Å². The third-order valence-corrected chi connectivity index (χ3v) is 3.36. The molecular weight excluding hydrogens is 236 g/mol. The number of likely N-dealkylation sites (N-methyl/N-ethyl adjacent to an activating group) is 1. The van der Waals surface area contributed by atoms with Crippen molar-refractivity contribution < 1.29 is 0 Å². The van der Waals surface area contributed by atoms with Crippen molar-refractivity contribution in [1.29, 1.82) is 0 Å². The van der Waals surface area contributed by atoms with Crippen LogP contribution in [0.3, 0.4) is 0 Å². The molecule has 0 saturated carbocycles. The topological polar surface area (TPSA) is 39.7 Å². The summed E-state index contributed by atoms with van der Waals surface area (Å²) in [6, 6.07) is 0.591. The van der Waals surface area contributed by atoms with E-state index in [1.54, 1.807) is 0 Å². The number of rotatable bonds is 9. The molecule has 0 spiro atoms. The predicted octanol–water partition coefficient (Wildman–Crippen LogP) is 2.32. The van der Waals surface area contributed by atoms with Gasteiger partial charge in [-0.1, -0.05) is 26.7 Å². The second-order valence-corrected chi connectivity index (χ2v) is 5.89. The van der Waals surface area contributed by atoms with Crippen LogP contribution in [-0.2, 0) is 0 Å². The van der Waals surface area contributed by atoms with Crippen molar-refractivity contribution in [3.8, 4) is 0 Å². The Morgan fingerprint density at radius 2 is 1.68 bits per heavy atom. The fourth-order valence-corrected chi connectivity index (χ4v) is 1.71.